The summed E-state index contributed by atoms with van der Waals surface area (Å²) in [7, 11) is 0. The van der Waals surface area contributed by atoms with Crippen LogP contribution in [0.3, 0.4) is 0 Å². The van der Waals surface area contributed by atoms with E-state index >= 15 is 0 Å². The normalized spacial score (nSPS) is 11.0. The van der Waals surface area contributed by atoms with Crippen molar-refractivity contribution in [2.75, 3.05) is 6.61 Å². The summed E-state index contributed by atoms with van der Waals surface area (Å²) in [5.74, 6) is 0.253. The maximum absolute atomic E-state index is 12.8. The smallest absolute Gasteiger partial charge is 0.337 e. The molecular formula is C18H18N2O4S. The highest BCUT2D eigenvalue weighted by Gasteiger charge is 2.18. The second-order valence-electron chi connectivity index (χ2n) is 5.64. The number of hydrogen-bond donors (Lipinski definition) is 1. The molecule has 0 radical (unpaired) electrons. The lowest BCUT2D eigenvalue weighted by atomic mass is 10.2. The lowest BCUT2D eigenvalue weighted by Gasteiger charge is -2.12. The molecule has 0 aliphatic heterocycles. The molecule has 0 amide bonds. The SMILES string of the molecule is CCc1nc2scc(C(=O)O)c2c(=O)n1CCOc1cccc(C)c1. The van der Waals surface area contributed by atoms with Crippen LogP contribution in [-0.4, -0.2) is 27.2 Å². The molecule has 0 atom stereocenters. The molecule has 7 heteroatoms. The van der Waals surface area contributed by atoms with Crippen LogP contribution >= 0.6 is 11.3 Å². The fourth-order valence-corrected chi connectivity index (χ4v) is 3.61. The predicted octanol–water partition coefficient (Wildman–Crippen LogP) is 3.11. The molecule has 2 aromatic heterocycles. The minimum Gasteiger partial charge on any atom is -0.492 e. The monoisotopic (exact) mass is 358 g/mol. The molecule has 1 aromatic carbocycles. The quantitative estimate of drug-likeness (QED) is 0.732. The van der Waals surface area contributed by atoms with Crippen LogP contribution in [-0.2, 0) is 13.0 Å². The van der Waals surface area contributed by atoms with Crippen LogP contribution in [0.15, 0.2) is 34.4 Å². The second-order valence-corrected chi connectivity index (χ2v) is 6.50. The largest absolute Gasteiger partial charge is 0.492 e. The Balaban J connectivity index is 1.91. The highest BCUT2D eigenvalue weighted by atomic mass is 32.1. The van der Waals surface area contributed by atoms with Crippen LogP contribution in [0.2, 0.25) is 0 Å². The third kappa shape index (κ3) is 3.41. The summed E-state index contributed by atoms with van der Waals surface area (Å²) < 4.78 is 7.23. The maximum atomic E-state index is 12.8. The zero-order chi connectivity index (χ0) is 18.0. The molecular weight excluding hydrogens is 340 g/mol. The summed E-state index contributed by atoms with van der Waals surface area (Å²) in [6.45, 7) is 4.51. The first-order valence-electron chi connectivity index (χ1n) is 7.95. The molecule has 25 heavy (non-hydrogen) atoms. The van der Waals surface area contributed by atoms with Gasteiger partial charge in [0.15, 0.2) is 0 Å². The number of benzene rings is 1. The lowest BCUT2D eigenvalue weighted by molar-refractivity contribution is 0.0699. The number of nitrogens with zero attached hydrogens (tertiary/aromatic N) is 2. The van der Waals surface area contributed by atoms with Gasteiger partial charge < -0.3 is 9.84 Å². The van der Waals surface area contributed by atoms with Crippen molar-refractivity contribution in [3.63, 3.8) is 0 Å². The molecule has 6 nitrogen and oxygen atoms in total. The molecule has 130 valence electrons. The molecule has 3 aromatic rings. The number of carbonyl (C=O) groups is 1. The summed E-state index contributed by atoms with van der Waals surface area (Å²) in [5.41, 5.74) is 0.776. The number of fused-ring (bicyclic) bond motifs is 1. The van der Waals surface area contributed by atoms with Gasteiger partial charge in [-0.3, -0.25) is 9.36 Å². The summed E-state index contributed by atoms with van der Waals surface area (Å²) >= 11 is 1.18. The number of aryl methyl sites for hydroxylation is 2. The van der Waals surface area contributed by atoms with E-state index in [2.05, 4.69) is 4.98 Å². The van der Waals surface area contributed by atoms with E-state index in [1.54, 1.807) is 0 Å². The van der Waals surface area contributed by atoms with E-state index in [0.29, 0.717) is 30.2 Å². The standard InChI is InChI=1S/C18H18N2O4S/c1-3-14-19-16-15(13(10-25-16)18(22)23)17(21)20(14)7-8-24-12-6-4-5-11(2)9-12/h4-6,9-10H,3,7-8H2,1-2H3,(H,22,23). The second kappa shape index (κ2) is 7.06. The first kappa shape index (κ1) is 17.2. The number of thiophene rings is 1. The van der Waals surface area contributed by atoms with Gasteiger partial charge in [0.05, 0.1) is 17.5 Å². The Morgan fingerprint density at radius 2 is 2.20 bits per heavy atom. The Labute approximate surface area is 148 Å². The molecule has 0 bridgehead atoms. The predicted molar refractivity (Wildman–Crippen MR) is 96.9 cm³/mol. The van der Waals surface area contributed by atoms with Crippen molar-refractivity contribution in [1.29, 1.82) is 0 Å². The number of aromatic carboxylic acids is 1. The highest BCUT2D eigenvalue weighted by Crippen LogP contribution is 2.22. The molecule has 0 saturated carbocycles. The van der Waals surface area contributed by atoms with Gasteiger partial charge in [0.2, 0.25) is 0 Å². The summed E-state index contributed by atoms with van der Waals surface area (Å²) in [4.78, 5) is 29.1. The number of carboxylic acid groups (broad SMARTS) is 1. The number of aromatic nitrogens is 2. The van der Waals surface area contributed by atoms with E-state index in [0.717, 1.165) is 11.3 Å². The van der Waals surface area contributed by atoms with Crippen LogP contribution in [0.4, 0.5) is 0 Å². The van der Waals surface area contributed by atoms with E-state index in [-0.39, 0.29) is 16.5 Å². The van der Waals surface area contributed by atoms with Gasteiger partial charge in [-0.15, -0.1) is 11.3 Å². The first-order valence-corrected chi connectivity index (χ1v) is 8.83. The third-order valence-corrected chi connectivity index (χ3v) is 4.76. The van der Waals surface area contributed by atoms with Crippen LogP contribution in [0.25, 0.3) is 10.2 Å². The Bertz CT molecular complexity index is 990. The van der Waals surface area contributed by atoms with Crippen molar-refractivity contribution in [3.8, 4) is 5.75 Å². The molecule has 2 heterocycles. The summed E-state index contributed by atoms with van der Waals surface area (Å²) in [6.07, 6.45) is 0.579. The van der Waals surface area contributed by atoms with Crippen LogP contribution in [0.1, 0.15) is 28.7 Å². The summed E-state index contributed by atoms with van der Waals surface area (Å²) in [6, 6.07) is 7.67. The van der Waals surface area contributed by atoms with E-state index < -0.39 is 5.97 Å². The molecule has 0 unspecified atom stereocenters. The molecule has 3 rings (SSSR count). The third-order valence-electron chi connectivity index (χ3n) is 3.89. The van der Waals surface area contributed by atoms with Gasteiger partial charge in [0, 0.05) is 11.8 Å². The highest BCUT2D eigenvalue weighted by molar-refractivity contribution is 7.17. The molecule has 0 spiro atoms. The van der Waals surface area contributed by atoms with E-state index in [1.807, 2.05) is 38.1 Å². The molecule has 0 aliphatic carbocycles. The van der Waals surface area contributed by atoms with Crippen molar-refractivity contribution in [1.82, 2.24) is 9.55 Å². The van der Waals surface area contributed by atoms with E-state index in [1.165, 1.54) is 21.3 Å². The molecule has 0 aliphatic rings. The van der Waals surface area contributed by atoms with E-state index in [4.69, 9.17) is 4.74 Å². The average Bonchev–Trinajstić information content (AvgIpc) is 3.01. The van der Waals surface area contributed by atoms with Crippen molar-refractivity contribution in [2.45, 2.75) is 26.8 Å². The zero-order valence-electron chi connectivity index (χ0n) is 14.0. The van der Waals surface area contributed by atoms with Gasteiger partial charge in [0.1, 0.15) is 23.0 Å². The van der Waals surface area contributed by atoms with Gasteiger partial charge in [-0.25, -0.2) is 9.78 Å². The van der Waals surface area contributed by atoms with E-state index in [9.17, 15) is 14.7 Å². The van der Waals surface area contributed by atoms with Gasteiger partial charge >= 0.3 is 5.97 Å². The summed E-state index contributed by atoms with van der Waals surface area (Å²) in [5, 5.41) is 10.9. The Morgan fingerprint density at radius 1 is 1.40 bits per heavy atom. The number of carboxylic acids is 1. The lowest BCUT2D eigenvalue weighted by Crippen LogP contribution is -2.28. The van der Waals surface area contributed by atoms with Gasteiger partial charge in [0.25, 0.3) is 5.56 Å². The van der Waals surface area contributed by atoms with Crippen LogP contribution in [0.5, 0.6) is 5.75 Å². The fourth-order valence-electron chi connectivity index (χ4n) is 2.68. The molecule has 1 N–H and O–H groups in total. The average molecular weight is 358 g/mol. The minimum absolute atomic E-state index is 0.00788. The number of ether oxygens (including phenoxy) is 1. The fraction of sp³-hybridized carbons (Fsp3) is 0.278. The van der Waals surface area contributed by atoms with Gasteiger partial charge in [-0.05, 0) is 24.6 Å². The minimum atomic E-state index is -1.11. The van der Waals surface area contributed by atoms with Gasteiger partial charge in [-0.1, -0.05) is 19.1 Å². The molecule has 0 saturated heterocycles. The van der Waals surface area contributed by atoms with Crippen molar-refractivity contribution < 1.29 is 14.6 Å². The maximum Gasteiger partial charge on any atom is 0.337 e. The zero-order valence-corrected chi connectivity index (χ0v) is 14.8. The Hall–Kier alpha value is -2.67. The topological polar surface area (TPSA) is 81.4 Å². The van der Waals surface area contributed by atoms with Crippen molar-refractivity contribution in [2.24, 2.45) is 0 Å². The van der Waals surface area contributed by atoms with Crippen molar-refractivity contribution >= 4 is 27.5 Å². The van der Waals surface area contributed by atoms with Gasteiger partial charge in [-0.2, -0.15) is 0 Å². The first-order chi connectivity index (χ1) is 12.0. The Kier molecular flexibility index (Phi) is 4.85. The van der Waals surface area contributed by atoms with Crippen LogP contribution in [0, 0.1) is 6.92 Å². The number of hydrogen-bond acceptors (Lipinski definition) is 5. The van der Waals surface area contributed by atoms with Crippen LogP contribution < -0.4 is 10.3 Å². The molecule has 0 fully saturated rings. The number of rotatable bonds is 6. The van der Waals surface area contributed by atoms with Crippen molar-refractivity contribution in [3.05, 3.63) is 57.0 Å². The Morgan fingerprint density at radius 3 is 2.88 bits per heavy atom.